The molecule has 10 nitrogen and oxygen atoms in total. The number of hydrogen-bond acceptors (Lipinski definition) is 7. The molecule has 1 aromatic rings. The number of ether oxygens (including phenoxy) is 2. The van der Waals surface area contributed by atoms with Crippen LogP contribution in [-0.4, -0.2) is 88.0 Å². The Kier molecular flexibility index (Phi) is 7.76. The van der Waals surface area contributed by atoms with Gasteiger partial charge in [0.15, 0.2) is 6.10 Å². The Morgan fingerprint density at radius 1 is 1.24 bits per heavy atom. The van der Waals surface area contributed by atoms with E-state index in [-0.39, 0.29) is 29.2 Å². The zero-order chi connectivity index (χ0) is 24.3. The highest BCUT2D eigenvalue weighted by Gasteiger charge is 2.35. The van der Waals surface area contributed by atoms with E-state index < -0.39 is 16.1 Å². The first-order valence-electron chi connectivity index (χ1n) is 12.0. The van der Waals surface area contributed by atoms with Gasteiger partial charge in [0.25, 0.3) is 5.91 Å². The number of benzene rings is 1. The first kappa shape index (κ1) is 24.9. The Balaban J connectivity index is 1.42. The number of nitrogens with one attached hydrogen (secondary N) is 2. The van der Waals surface area contributed by atoms with Crippen LogP contribution in [0.1, 0.15) is 31.7 Å². The summed E-state index contributed by atoms with van der Waals surface area (Å²) in [6, 6.07) is 3.12. The topological polar surface area (TPSA) is 117 Å². The van der Waals surface area contributed by atoms with Crippen molar-refractivity contribution in [3.05, 3.63) is 17.7 Å². The molecule has 1 aromatic carbocycles. The van der Waals surface area contributed by atoms with Gasteiger partial charge in [-0.25, -0.2) is 8.42 Å². The molecule has 0 aliphatic carbocycles. The molecule has 0 saturated carbocycles. The standard InChI is InChI=1S/C23H34N4O6S/c1-3-19-23(29)25-18-13-16(2)21(14-20(18)33-19)34(30,31)27-7-4-5-17(15-27)22(28)24-6-8-26-9-11-32-12-10-26/h13-14,17,19H,3-12,15H2,1-2H3,(H,24,28)(H,25,29)/t17-,19+/m1/s1. The maximum Gasteiger partial charge on any atom is 0.265 e. The van der Waals surface area contributed by atoms with Crippen LogP contribution in [0.2, 0.25) is 0 Å². The third kappa shape index (κ3) is 5.37. The number of piperidine rings is 1. The molecule has 0 spiro atoms. The van der Waals surface area contributed by atoms with Crippen LogP contribution in [0.3, 0.4) is 0 Å². The van der Waals surface area contributed by atoms with Crippen LogP contribution in [0, 0.1) is 12.8 Å². The Morgan fingerprint density at radius 2 is 2.00 bits per heavy atom. The summed E-state index contributed by atoms with van der Waals surface area (Å²) in [5.41, 5.74) is 0.997. The van der Waals surface area contributed by atoms with E-state index in [2.05, 4.69) is 15.5 Å². The van der Waals surface area contributed by atoms with Gasteiger partial charge in [0.05, 0.1) is 29.7 Å². The van der Waals surface area contributed by atoms with Gasteiger partial charge in [0.1, 0.15) is 5.75 Å². The van der Waals surface area contributed by atoms with E-state index in [0.717, 1.165) is 19.6 Å². The monoisotopic (exact) mass is 494 g/mol. The van der Waals surface area contributed by atoms with Crippen molar-refractivity contribution in [1.82, 2.24) is 14.5 Å². The summed E-state index contributed by atoms with van der Waals surface area (Å²) >= 11 is 0. The molecule has 2 atom stereocenters. The molecule has 3 aliphatic heterocycles. The van der Waals surface area contributed by atoms with Gasteiger partial charge in [0.2, 0.25) is 15.9 Å². The lowest BCUT2D eigenvalue weighted by Crippen LogP contribution is -2.47. The molecule has 0 unspecified atom stereocenters. The molecule has 188 valence electrons. The van der Waals surface area contributed by atoms with Gasteiger partial charge < -0.3 is 20.1 Å². The number of rotatable bonds is 7. The van der Waals surface area contributed by atoms with Gasteiger partial charge in [-0.3, -0.25) is 14.5 Å². The van der Waals surface area contributed by atoms with Gasteiger partial charge in [-0.2, -0.15) is 4.31 Å². The van der Waals surface area contributed by atoms with Gasteiger partial charge in [-0.05, 0) is 37.8 Å². The van der Waals surface area contributed by atoms with Gasteiger partial charge >= 0.3 is 0 Å². The minimum atomic E-state index is -3.83. The van der Waals surface area contributed by atoms with E-state index in [0.29, 0.717) is 62.6 Å². The van der Waals surface area contributed by atoms with Crippen LogP contribution in [0.4, 0.5) is 5.69 Å². The second-order valence-corrected chi connectivity index (χ2v) is 11.0. The van der Waals surface area contributed by atoms with Crippen molar-refractivity contribution in [2.45, 2.75) is 44.1 Å². The van der Waals surface area contributed by atoms with Crippen LogP contribution in [0.5, 0.6) is 5.75 Å². The summed E-state index contributed by atoms with van der Waals surface area (Å²) in [6.45, 7) is 8.48. The number of amides is 2. The van der Waals surface area contributed by atoms with Crippen LogP contribution >= 0.6 is 0 Å². The average molecular weight is 495 g/mol. The highest BCUT2D eigenvalue weighted by molar-refractivity contribution is 7.89. The van der Waals surface area contributed by atoms with E-state index in [9.17, 15) is 18.0 Å². The van der Waals surface area contributed by atoms with Crippen molar-refractivity contribution in [3.63, 3.8) is 0 Å². The maximum absolute atomic E-state index is 13.5. The predicted octanol–water partition coefficient (Wildman–Crippen LogP) is 0.954. The summed E-state index contributed by atoms with van der Waals surface area (Å²) in [7, 11) is -3.83. The number of morpholine rings is 1. The van der Waals surface area contributed by atoms with E-state index >= 15 is 0 Å². The largest absolute Gasteiger partial charge is 0.478 e. The zero-order valence-electron chi connectivity index (χ0n) is 19.8. The lowest BCUT2D eigenvalue weighted by molar-refractivity contribution is -0.126. The molecule has 34 heavy (non-hydrogen) atoms. The fourth-order valence-corrected chi connectivity index (χ4v) is 6.40. The number of anilines is 1. The van der Waals surface area contributed by atoms with Crippen molar-refractivity contribution in [1.29, 1.82) is 0 Å². The van der Waals surface area contributed by atoms with E-state index in [1.165, 1.54) is 10.4 Å². The van der Waals surface area contributed by atoms with Crippen LogP contribution in [0.15, 0.2) is 17.0 Å². The fraction of sp³-hybridized carbons (Fsp3) is 0.652. The summed E-state index contributed by atoms with van der Waals surface area (Å²) in [6.07, 6.45) is 1.11. The van der Waals surface area contributed by atoms with E-state index in [4.69, 9.17) is 9.47 Å². The normalized spacial score (nSPS) is 24.1. The molecule has 2 saturated heterocycles. The molecular formula is C23H34N4O6S. The number of hydrogen-bond donors (Lipinski definition) is 2. The average Bonchev–Trinajstić information content (AvgIpc) is 2.84. The molecule has 3 heterocycles. The van der Waals surface area contributed by atoms with Crippen LogP contribution in [-0.2, 0) is 24.3 Å². The van der Waals surface area contributed by atoms with Crippen molar-refractivity contribution >= 4 is 27.5 Å². The Morgan fingerprint density at radius 3 is 2.74 bits per heavy atom. The third-order valence-corrected chi connectivity index (χ3v) is 8.68. The minimum absolute atomic E-state index is 0.104. The Bertz CT molecular complexity index is 1020. The Labute approximate surface area is 201 Å². The molecule has 2 amide bonds. The molecule has 2 fully saturated rings. The first-order chi connectivity index (χ1) is 16.3. The summed E-state index contributed by atoms with van der Waals surface area (Å²) in [4.78, 5) is 27.2. The number of nitrogens with zero attached hydrogens (tertiary/aromatic N) is 2. The van der Waals surface area contributed by atoms with Crippen molar-refractivity contribution in [3.8, 4) is 5.75 Å². The third-order valence-electron chi connectivity index (χ3n) is 6.67. The molecule has 0 radical (unpaired) electrons. The summed E-state index contributed by atoms with van der Waals surface area (Å²) < 4.78 is 39.6. The van der Waals surface area contributed by atoms with Crippen molar-refractivity contribution in [2.75, 3.05) is 57.8 Å². The number of aryl methyl sites for hydroxylation is 1. The second-order valence-electron chi connectivity index (χ2n) is 9.07. The summed E-state index contributed by atoms with van der Waals surface area (Å²) in [5.74, 6) is -0.369. The molecule has 3 aliphatic rings. The molecule has 0 bridgehead atoms. The zero-order valence-corrected chi connectivity index (χ0v) is 20.7. The van der Waals surface area contributed by atoms with Crippen LogP contribution in [0.25, 0.3) is 0 Å². The minimum Gasteiger partial charge on any atom is -0.478 e. The van der Waals surface area contributed by atoms with Crippen molar-refractivity contribution in [2.24, 2.45) is 5.92 Å². The van der Waals surface area contributed by atoms with Crippen molar-refractivity contribution < 1.29 is 27.5 Å². The van der Waals surface area contributed by atoms with Crippen LogP contribution < -0.4 is 15.4 Å². The number of carbonyl (C=O) groups is 2. The molecule has 11 heteroatoms. The quantitative estimate of drug-likeness (QED) is 0.580. The lowest BCUT2D eigenvalue weighted by atomic mass is 9.99. The summed E-state index contributed by atoms with van der Waals surface area (Å²) in [5, 5.41) is 5.77. The predicted molar refractivity (Wildman–Crippen MR) is 126 cm³/mol. The van der Waals surface area contributed by atoms with E-state index in [1.54, 1.807) is 13.0 Å². The molecule has 2 N–H and O–H groups in total. The highest BCUT2D eigenvalue weighted by atomic mass is 32.2. The molecule has 4 rings (SSSR count). The number of carbonyl (C=O) groups excluding carboxylic acids is 2. The van der Waals surface area contributed by atoms with Gasteiger partial charge in [0, 0.05) is 45.3 Å². The maximum atomic E-state index is 13.5. The number of sulfonamides is 1. The van der Waals surface area contributed by atoms with Gasteiger partial charge in [-0.1, -0.05) is 6.92 Å². The highest BCUT2D eigenvalue weighted by Crippen LogP contribution is 2.36. The second kappa shape index (κ2) is 10.6. The fourth-order valence-electron chi connectivity index (χ4n) is 4.65. The molecule has 0 aromatic heterocycles. The first-order valence-corrected chi connectivity index (χ1v) is 13.4. The number of fused-ring (bicyclic) bond motifs is 1. The Hall–Kier alpha value is -2.21. The SMILES string of the molecule is CC[C@@H]1Oc2cc(S(=O)(=O)N3CCC[C@@H](C(=O)NCCN4CCOCC4)C3)c(C)cc2NC1=O. The van der Waals surface area contributed by atoms with E-state index in [1.807, 2.05) is 6.92 Å². The van der Waals surface area contributed by atoms with Gasteiger partial charge in [-0.15, -0.1) is 0 Å². The smallest absolute Gasteiger partial charge is 0.265 e. The molecular weight excluding hydrogens is 460 g/mol. The lowest BCUT2D eigenvalue weighted by Gasteiger charge is -2.32.